The molecule has 3 heterocycles. The third-order valence-electron chi connectivity index (χ3n) is 4.38. The smallest absolute Gasteiger partial charge is 0.260 e. The summed E-state index contributed by atoms with van der Waals surface area (Å²) in [6.07, 6.45) is 3.49. The maximum absolute atomic E-state index is 13.2. The lowest BCUT2D eigenvalue weighted by Gasteiger charge is -2.25. The largest absolute Gasteiger partial charge is 0.472 e. The van der Waals surface area contributed by atoms with Gasteiger partial charge in [0, 0.05) is 30.1 Å². The number of rotatable bonds is 5. The summed E-state index contributed by atoms with van der Waals surface area (Å²) in [5.74, 6) is -1.03. The quantitative estimate of drug-likeness (QED) is 0.638. The number of aromatic nitrogens is 1. The molecule has 10 heteroatoms. The summed E-state index contributed by atoms with van der Waals surface area (Å²) in [7, 11) is 0. The Hall–Kier alpha value is -2.75. The number of nitrogens with zero attached hydrogens (tertiary/aromatic N) is 2. The minimum Gasteiger partial charge on any atom is -0.472 e. The molecule has 2 amide bonds. The number of nitrogens with one attached hydrogen (secondary N) is 2. The van der Waals surface area contributed by atoms with Crippen molar-refractivity contribution in [3.05, 3.63) is 63.8 Å². The standard InChI is InChI=1S/C19H16ClFN4O3S/c20-13-7-12(1-2-14(13)21)22-17(26)9-25-5-3-15-16(8-25)29-19(23-15)24-18(27)11-4-6-28-10-11/h1-2,4,6-7,10H,3,5,8-9H2,(H,22,26)(H,23,24,27). The predicted octanol–water partition coefficient (Wildman–Crippen LogP) is 3.78. The van der Waals surface area contributed by atoms with Crippen LogP contribution in [-0.4, -0.2) is 34.8 Å². The van der Waals surface area contributed by atoms with Crippen molar-refractivity contribution in [3.8, 4) is 0 Å². The van der Waals surface area contributed by atoms with Crippen molar-refractivity contribution in [2.75, 3.05) is 23.7 Å². The molecule has 150 valence electrons. The SMILES string of the molecule is O=C(CN1CCc2nc(NC(=O)c3ccoc3)sc2C1)Nc1ccc(F)c(Cl)c1. The molecule has 0 saturated heterocycles. The number of amides is 2. The number of hydrogen-bond acceptors (Lipinski definition) is 6. The van der Waals surface area contributed by atoms with Gasteiger partial charge >= 0.3 is 0 Å². The zero-order valence-corrected chi connectivity index (χ0v) is 16.6. The molecule has 4 rings (SSSR count). The first kappa shape index (κ1) is 19.6. The summed E-state index contributed by atoms with van der Waals surface area (Å²) in [6.45, 7) is 1.42. The summed E-state index contributed by atoms with van der Waals surface area (Å²) >= 11 is 7.13. The van der Waals surface area contributed by atoms with Gasteiger partial charge in [0.25, 0.3) is 5.91 Å². The summed E-state index contributed by atoms with van der Waals surface area (Å²) in [5, 5.41) is 5.97. The van der Waals surface area contributed by atoms with E-state index in [0.29, 0.717) is 35.9 Å². The number of benzene rings is 1. The van der Waals surface area contributed by atoms with Crippen LogP contribution >= 0.6 is 22.9 Å². The number of carbonyl (C=O) groups is 2. The Morgan fingerprint density at radius 3 is 2.93 bits per heavy atom. The van der Waals surface area contributed by atoms with Crippen LogP contribution in [-0.2, 0) is 17.8 Å². The highest BCUT2D eigenvalue weighted by Gasteiger charge is 2.23. The molecule has 0 atom stereocenters. The Kier molecular flexibility index (Phi) is 5.61. The van der Waals surface area contributed by atoms with E-state index in [1.54, 1.807) is 6.07 Å². The van der Waals surface area contributed by atoms with E-state index in [9.17, 15) is 14.0 Å². The van der Waals surface area contributed by atoms with Crippen LogP contribution in [0.25, 0.3) is 0 Å². The highest BCUT2D eigenvalue weighted by Crippen LogP contribution is 2.28. The van der Waals surface area contributed by atoms with Gasteiger partial charge in [0.2, 0.25) is 5.91 Å². The van der Waals surface area contributed by atoms with E-state index in [1.807, 2.05) is 4.90 Å². The predicted molar refractivity (Wildman–Crippen MR) is 108 cm³/mol. The van der Waals surface area contributed by atoms with Gasteiger partial charge in [-0.05, 0) is 24.3 Å². The van der Waals surface area contributed by atoms with Crippen molar-refractivity contribution < 1.29 is 18.4 Å². The van der Waals surface area contributed by atoms with Crippen molar-refractivity contribution in [1.29, 1.82) is 0 Å². The number of anilines is 2. The third-order valence-corrected chi connectivity index (χ3v) is 5.67. The van der Waals surface area contributed by atoms with Crippen LogP contribution in [0.1, 0.15) is 20.9 Å². The fourth-order valence-electron chi connectivity index (χ4n) is 2.98. The number of thiazole rings is 1. The third kappa shape index (κ3) is 4.64. The molecule has 0 radical (unpaired) electrons. The molecule has 1 aliphatic rings. The molecule has 0 fully saturated rings. The van der Waals surface area contributed by atoms with Gasteiger partial charge in [-0.1, -0.05) is 11.6 Å². The van der Waals surface area contributed by atoms with E-state index in [4.69, 9.17) is 16.0 Å². The summed E-state index contributed by atoms with van der Waals surface area (Å²) in [5.41, 5.74) is 1.80. The lowest BCUT2D eigenvalue weighted by molar-refractivity contribution is -0.117. The molecule has 0 spiro atoms. The fraction of sp³-hybridized carbons (Fsp3) is 0.211. The molecular formula is C19H16ClFN4O3S. The van der Waals surface area contributed by atoms with E-state index in [0.717, 1.165) is 10.6 Å². The van der Waals surface area contributed by atoms with Crippen LogP contribution in [0.3, 0.4) is 0 Å². The molecule has 2 N–H and O–H groups in total. The van der Waals surface area contributed by atoms with Crippen LogP contribution in [0, 0.1) is 5.82 Å². The van der Waals surface area contributed by atoms with Crippen molar-refractivity contribution >= 4 is 45.6 Å². The van der Waals surface area contributed by atoms with Crippen molar-refractivity contribution in [2.24, 2.45) is 0 Å². The average molecular weight is 435 g/mol. The molecule has 3 aromatic rings. The van der Waals surface area contributed by atoms with Crippen LogP contribution < -0.4 is 10.6 Å². The fourth-order valence-corrected chi connectivity index (χ4v) is 4.20. The minimum absolute atomic E-state index is 0.0416. The molecule has 2 aromatic heterocycles. The second kappa shape index (κ2) is 8.32. The maximum atomic E-state index is 13.2. The Morgan fingerprint density at radius 2 is 2.17 bits per heavy atom. The lowest BCUT2D eigenvalue weighted by Crippen LogP contribution is -2.36. The first-order valence-corrected chi connectivity index (χ1v) is 9.97. The van der Waals surface area contributed by atoms with Crippen LogP contribution in [0.4, 0.5) is 15.2 Å². The highest BCUT2D eigenvalue weighted by atomic mass is 35.5. The van der Waals surface area contributed by atoms with Crippen molar-refractivity contribution in [2.45, 2.75) is 13.0 Å². The molecule has 1 aliphatic heterocycles. The lowest BCUT2D eigenvalue weighted by atomic mass is 10.2. The van der Waals surface area contributed by atoms with Crippen LogP contribution in [0.15, 0.2) is 41.2 Å². The number of halogens is 2. The second-order valence-electron chi connectivity index (χ2n) is 6.49. The second-order valence-corrected chi connectivity index (χ2v) is 7.98. The number of hydrogen-bond donors (Lipinski definition) is 2. The van der Waals surface area contributed by atoms with Crippen molar-refractivity contribution in [3.63, 3.8) is 0 Å². The van der Waals surface area contributed by atoms with Gasteiger partial charge in [-0.15, -0.1) is 11.3 Å². The van der Waals surface area contributed by atoms with Crippen molar-refractivity contribution in [1.82, 2.24) is 9.88 Å². The minimum atomic E-state index is -0.533. The zero-order valence-electron chi connectivity index (χ0n) is 15.1. The van der Waals surface area contributed by atoms with Gasteiger partial charge in [-0.3, -0.25) is 19.8 Å². The van der Waals surface area contributed by atoms with E-state index in [-0.39, 0.29) is 23.4 Å². The van der Waals surface area contributed by atoms with Crippen LogP contribution in [0.5, 0.6) is 0 Å². The maximum Gasteiger partial charge on any atom is 0.260 e. The summed E-state index contributed by atoms with van der Waals surface area (Å²) in [6, 6.07) is 5.63. The summed E-state index contributed by atoms with van der Waals surface area (Å²) in [4.78, 5) is 31.9. The van der Waals surface area contributed by atoms with Gasteiger partial charge in [-0.2, -0.15) is 0 Å². The Balaban J connectivity index is 1.34. The molecule has 7 nitrogen and oxygen atoms in total. The van der Waals surface area contributed by atoms with Gasteiger partial charge in [0.15, 0.2) is 5.13 Å². The van der Waals surface area contributed by atoms with Crippen LogP contribution in [0.2, 0.25) is 5.02 Å². The van der Waals surface area contributed by atoms with Gasteiger partial charge in [-0.25, -0.2) is 9.37 Å². The zero-order chi connectivity index (χ0) is 20.4. The monoisotopic (exact) mass is 434 g/mol. The number of furan rings is 1. The van der Waals surface area contributed by atoms with Gasteiger partial charge in [0.05, 0.1) is 29.1 Å². The Labute approximate surface area is 174 Å². The van der Waals surface area contributed by atoms with Gasteiger partial charge < -0.3 is 9.73 Å². The first-order valence-electron chi connectivity index (χ1n) is 8.77. The molecule has 29 heavy (non-hydrogen) atoms. The topological polar surface area (TPSA) is 87.5 Å². The first-order chi connectivity index (χ1) is 14.0. The van der Waals surface area contributed by atoms with E-state index < -0.39 is 5.82 Å². The molecule has 0 bridgehead atoms. The van der Waals surface area contributed by atoms with Gasteiger partial charge in [0.1, 0.15) is 12.1 Å². The average Bonchev–Trinajstić information content (AvgIpc) is 3.34. The molecule has 0 unspecified atom stereocenters. The Morgan fingerprint density at radius 1 is 1.31 bits per heavy atom. The normalized spacial score (nSPS) is 13.7. The highest BCUT2D eigenvalue weighted by molar-refractivity contribution is 7.15. The van der Waals surface area contributed by atoms with E-state index in [1.165, 1.54) is 42.1 Å². The number of fused-ring (bicyclic) bond motifs is 1. The van der Waals surface area contributed by atoms with E-state index >= 15 is 0 Å². The van der Waals surface area contributed by atoms with E-state index in [2.05, 4.69) is 15.6 Å². The summed E-state index contributed by atoms with van der Waals surface area (Å²) < 4.78 is 18.1. The number of carbonyl (C=O) groups excluding carboxylic acids is 2. The molecule has 0 aliphatic carbocycles. The Bertz CT molecular complexity index is 1050. The molecule has 1 aromatic carbocycles. The molecular weight excluding hydrogens is 419 g/mol. The molecule has 0 saturated carbocycles.